The zero-order valence-corrected chi connectivity index (χ0v) is 9.64. The normalized spacial score (nSPS) is 10.2. The molecule has 6 nitrogen and oxygen atoms in total. The van der Waals surface area contributed by atoms with E-state index in [0.717, 1.165) is 0 Å². The molecule has 0 saturated carbocycles. The van der Waals surface area contributed by atoms with Crippen LogP contribution in [0.5, 0.6) is 0 Å². The number of anilines is 2. The number of carbonyl (C=O) groups is 1. The molecule has 0 saturated heterocycles. The van der Waals surface area contributed by atoms with Crippen molar-refractivity contribution >= 4 is 29.2 Å². The van der Waals surface area contributed by atoms with Gasteiger partial charge in [-0.05, 0) is 6.07 Å². The molecule has 0 bridgehead atoms. The SMILES string of the molecule is Cn1ccc(Nc2nccc(C(=O)O)c2Cl)n1. The summed E-state index contributed by atoms with van der Waals surface area (Å²) in [5, 5.41) is 15.9. The van der Waals surface area contributed by atoms with Crippen molar-refractivity contribution < 1.29 is 9.90 Å². The van der Waals surface area contributed by atoms with Crippen molar-refractivity contribution in [1.29, 1.82) is 0 Å². The van der Waals surface area contributed by atoms with Gasteiger partial charge in [-0.15, -0.1) is 0 Å². The second kappa shape index (κ2) is 4.42. The van der Waals surface area contributed by atoms with Gasteiger partial charge in [-0.2, -0.15) is 5.10 Å². The lowest BCUT2D eigenvalue weighted by atomic mass is 10.2. The van der Waals surface area contributed by atoms with E-state index in [4.69, 9.17) is 16.7 Å². The summed E-state index contributed by atoms with van der Waals surface area (Å²) in [5.41, 5.74) is 0.0000905. The summed E-state index contributed by atoms with van der Waals surface area (Å²) in [5.74, 6) is -0.281. The monoisotopic (exact) mass is 252 g/mol. The molecule has 2 N–H and O–H groups in total. The Hall–Kier alpha value is -2.08. The lowest BCUT2D eigenvalue weighted by Crippen LogP contribution is -2.02. The smallest absolute Gasteiger partial charge is 0.337 e. The zero-order chi connectivity index (χ0) is 12.4. The average molecular weight is 253 g/mol. The summed E-state index contributed by atoms with van der Waals surface area (Å²) < 4.78 is 1.61. The molecule has 2 heterocycles. The average Bonchev–Trinajstić information content (AvgIpc) is 2.67. The highest BCUT2D eigenvalue weighted by atomic mass is 35.5. The summed E-state index contributed by atoms with van der Waals surface area (Å²) in [6.45, 7) is 0. The van der Waals surface area contributed by atoms with Gasteiger partial charge >= 0.3 is 5.97 Å². The second-order valence-electron chi connectivity index (χ2n) is 3.33. The van der Waals surface area contributed by atoms with Gasteiger partial charge in [0.2, 0.25) is 0 Å². The van der Waals surface area contributed by atoms with Gasteiger partial charge in [0.25, 0.3) is 0 Å². The number of carboxylic acid groups (broad SMARTS) is 1. The van der Waals surface area contributed by atoms with E-state index < -0.39 is 5.97 Å². The van der Waals surface area contributed by atoms with Crippen LogP contribution in [-0.4, -0.2) is 25.8 Å². The molecule has 0 aromatic carbocycles. The first-order valence-corrected chi connectivity index (χ1v) is 5.10. The Labute approximate surface area is 102 Å². The topological polar surface area (TPSA) is 80.0 Å². The minimum absolute atomic E-state index is 0.0000905. The van der Waals surface area contributed by atoms with Crippen LogP contribution >= 0.6 is 11.6 Å². The molecule has 88 valence electrons. The van der Waals surface area contributed by atoms with E-state index in [9.17, 15) is 4.79 Å². The number of rotatable bonds is 3. The largest absolute Gasteiger partial charge is 0.478 e. The van der Waals surface area contributed by atoms with Crippen LogP contribution < -0.4 is 5.32 Å². The van der Waals surface area contributed by atoms with Crippen LogP contribution in [0.15, 0.2) is 24.5 Å². The van der Waals surface area contributed by atoms with Gasteiger partial charge in [-0.25, -0.2) is 9.78 Å². The minimum atomic E-state index is -1.10. The maximum absolute atomic E-state index is 10.9. The van der Waals surface area contributed by atoms with Crippen molar-refractivity contribution in [2.24, 2.45) is 7.05 Å². The van der Waals surface area contributed by atoms with E-state index in [-0.39, 0.29) is 16.4 Å². The number of aromatic nitrogens is 3. The van der Waals surface area contributed by atoms with E-state index in [0.29, 0.717) is 5.82 Å². The van der Waals surface area contributed by atoms with Crippen molar-refractivity contribution in [2.45, 2.75) is 0 Å². The minimum Gasteiger partial charge on any atom is -0.478 e. The molecule has 0 unspecified atom stereocenters. The fraction of sp³-hybridized carbons (Fsp3) is 0.100. The Morgan fingerprint density at radius 2 is 2.29 bits per heavy atom. The molecule has 2 aromatic rings. The van der Waals surface area contributed by atoms with Gasteiger partial charge in [0.05, 0.1) is 10.6 Å². The van der Waals surface area contributed by atoms with Gasteiger partial charge < -0.3 is 10.4 Å². The number of hydrogen-bond acceptors (Lipinski definition) is 4. The number of aryl methyl sites for hydroxylation is 1. The van der Waals surface area contributed by atoms with E-state index in [1.807, 2.05) is 0 Å². The van der Waals surface area contributed by atoms with E-state index in [1.54, 1.807) is 24.0 Å². The maximum Gasteiger partial charge on any atom is 0.337 e. The van der Waals surface area contributed by atoms with Gasteiger partial charge in [0, 0.05) is 25.5 Å². The molecule has 0 aliphatic heterocycles. The fourth-order valence-corrected chi connectivity index (χ4v) is 1.54. The third-order valence-corrected chi connectivity index (χ3v) is 2.46. The molecule has 2 aromatic heterocycles. The lowest BCUT2D eigenvalue weighted by Gasteiger charge is -2.06. The van der Waals surface area contributed by atoms with Crippen molar-refractivity contribution in [3.8, 4) is 0 Å². The Balaban J connectivity index is 2.33. The van der Waals surface area contributed by atoms with Crippen LogP contribution in [0.1, 0.15) is 10.4 Å². The molecule has 0 aliphatic carbocycles. The van der Waals surface area contributed by atoms with E-state index in [1.165, 1.54) is 12.3 Å². The molecule has 0 atom stereocenters. The molecule has 0 fully saturated rings. The fourth-order valence-electron chi connectivity index (χ4n) is 1.30. The number of aromatic carboxylic acids is 1. The van der Waals surface area contributed by atoms with Crippen LogP contribution in [0.4, 0.5) is 11.6 Å². The Morgan fingerprint density at radius 1 is 1.53 bits per heavy atom. The third kappa shape index (κ3) is 2.36. The van der Waals surface area contributed by atoms with Crippen LogP contribution in [-0.2, 0) is 7.05 Å². The first-order valence-electron chi connectivity index (χ1n) is 4.72. The zero-order valence-electron chi connectivity index (χ0n) is 8.88. The van der Waals surface area contributed by atoms with Crippen LogP contribution in [0.25, 0.3) is 0 Å². The van der Waals surface area contributed by atoms with Crippen LogP contribution in [0.2, 0.25) is 5.02 Å². The van der Waals surface area contributed by atoms with Crippen LogP contribution in [0, 0.1) is 0 Å². The summed E-state index contributed by atoms with van der Waals surface area (Å²) in [7, 11) is 1.77. The van der Waals surface area contributed by atoms with Gasteiger partial charge in [-0.1, -0.05) is 11.6 Å². The number of pyridine rings is 1. The molecule has 17 heavy (non-hydrogen) atoms. The first-order chi connectivity index (χ1) is 8.08. The van der Waals surface area contributed by atoms with Gasteiger partial charge in [0.1, 0.15) is 0 Å². The predicted octanol–water partition coefficient (Wildman–Crippen LogP) is 1.91. The summed E-state index contributed by atoms with van der Waals surface area (Å²) in [4.78, 5) is 14.8. The molecule has 7 heteroatoms. The highest BCUT2D eigenvalue weighted by molar-refractivity contribution is 6.35. The quantitative estimate of drug-likeness (QED) is 0.872. The predicted molar refractivity (Wildman–Crippen MR) is 62.7 cm³/mol. The second-order valence-corrected chi connectivity index (χ2v) is 3.70. The summed E-state index contributed by atoms with van der Waals surface area (Å²) in [6.07, 6.45) is 3.12. The van der Waals surface area contributed by atoms with Crippen molar-refractivity contribution in [3.05, 3.63) is 35.1 Å². The number of halogens is 1. The molecule has 0 aliphatic rings. The molecule has 0 radical (unpaired) electrons. The summed E-state index contributed by atoms with van der Waals surface area (Å²) in [6, 6.07) is 3.07. The van der Waals surface area contributed by atoms with Crippen molar-refractivity contribution in [1.82, 2.24) is 14.8 Å². The molecular weight excluding hydrogens is 244 g/mol. The Kier molecular flexibility index (Phi) is 2.97. The number of carboxylic acids is 1. The summed E-state index contributed by atoms with van der Waals surface area (Å²) >= 11 is 5.92. The maximum atomic E-state index is 10.9. The van der Waals surface area contributed by atoms with Crippen molar-refractivity contribution in [3.63, 3.8) is 0 Å². The highest BCUT2D eigenvalue weighted by Crippen LogP contribution is 2.25. The van der Waals surface area contributed by atoms with Crippen LogP contribution in [0.3, 0.4) is 0 Å². The van der Waals surface area contributed by atoms with Crippen molar-refractivity contribution in [2.75, 3.05) is 5.32 Å². The standard InChI is InChI=1S/C10H9ClN4O2/c1-15-5-3-7(14-15)13-9-8(11)6(10(16)17)2-4-12-9/h2-5H,1H3,(H,16,17)(H,12,13,14). The Bertz CT molecular complexity index is 567. The third-order valence-electron chi connectivity index (χ3n) is 2.08. The molecular formula is C10H9ClN4O2. The highest BCUT2D eigenvalue weighted by Gasteiger charge is 2.13. The lowest BCUT2D eigenvalue weighted by molar-refractivity contribution is 0.0697. The van der Waals surface area contributed by atoms with E-state index >= 15 is 0 Å². The van der Waals surface area contributed by atoms with E-state index in [2.05, 4.69) is 15.4 Å². The first kappa shape index (κ1) is 11.4. The Morgan fingerprint density at radius 3 is 2.88 bits per heavy atom. The molecule has 2 rings (SSSR count). The molecule has 0 amide bonds. The number of hydrogen-bond donors (Lipinski definition) is 2. The molecule has 0 spiro atoms. The van der Waals surface area contributed by atoms with Gasteiger partial charge in [0.15, 0.2) is 11.6 Å². The number of nitrogens with zero attached hydrogens (tertiary/aromatic N) is 3. The van der Waals surface area contributed by atoms with Gasteiger partial charge in [-0.3, -0.25) is 4.68 Å². The number of nitrogens with one attached hydrogen (secondary N) is 1.